The molecule has 6 heteroatoms. The highest BCUT2D eigenvalue weighted by Gasteiger charge is 2.09. The molecule has 0 aliphatic carbocycles. The van der Waals surface area contributed by atoms with E-state index in [0.29, 0.717) is 11.6 Å². The number of aliphatic carboxylic acids is 1. The van der Waals surface area contributed by atoms with Crippen LogP contribution in [0.3, 0.4) is 0 Å². The van der Waals surface area contributed by atoms with E-state index in [1.807, 2.05) is 0 Å². The lowest BCUT2D eigenvalue weighted by molar-refractivity contribution is -0.136. The Kier molecular flexibility index (Phi) is 2.39. The van der Waals surface area contributed by atoms with Gasteiger partial charge < -0.3 is 10.8 Å². The maximum Gasteiger partial charge on any atom is 0.311 e. The molecule has 1 aromatic rings. The van der Waals surface area contributed by atoms with E-state index in [1.165, 1.54) is 0 Å². The predicted molar refractivity (Wildman–Crippen MR) is 40.3 cm³/mol. The Morgan fingerprint density at radius 3 is 2.92 bits per heavy atom. The molecule has 1 heterocycles. The number of nitrogens with zero attached hydrogens (tertiary/aromatic N) is 2. The molecule has 0 aliphatic rings. The van der Waals surface area contributed by atoms with Gasteiger partial charge in [-0.1, -0.05) is 0 Å². The summed E-state index contributed by atoms with van der Waals surface area (Å²) >= 11 is 0. The van der Waals surface area contributed by atoms with Crippen LogP contribution in [0.5, 0.6) is 0 Å². The average molecular weight is 170 g/mol. The molecule has 6 nitrogen and oxygen atoms in total. The number of carbonyl (C=O) groups is 1. The minimum atomic E-state index is -0.942. The number of nitrogens with two attached hydrogens (primary N) is 1. The molecule has 0 spiro atoms. The van der Waals surface area contributed by atoms with Gasteiger partial charge in [-0.3, -0.25) is 9.89 Å². The topological polar surface area (TPSA) is 105 Å². The van der Waals surface area contributed by atoms with Crippen LogP contribution in [0.4, 0.5) is 0 Å². The number of carboxylic acids is 1. The second kappa shape index (κ2) is 3.31. The monoisotopic (exact) mass is 170 g/mol. The molecule has 0 amide bonds. The maximum absolute atomic E-state index is 10.2. The van der Waals surface area contributed by atoms with Crippen molar-refractivity contribution in [3.8, 4) is 0 Å². The van der Waals surface area contributed by atoms with Crippen LogP contribution in [0.1, 0.15) is 24.6 Å². The van der Waals surface area contributed by atoms with Crippen LogP contribution in [0.25, 0.3) is 0 Å². The fourth-order valence-corrected chi connectivity index (χ4v) is 0.736. The molecule has 1 aromatic heterocycles. The highest BCUT2D eigenvalue weighted by molar-refractivity contribution is 5.68. The van der Waals surface area contributed by atoms with E-state index in [0.717, 1.165) is 0 Å². The zero-order valence-corrected chi connectivity index (χ0v) is 6.61. The molecule has 12 heavy (non-hydrogen) atoms. The van der Waals surface area contributed by atoms with Crippen molar-refractivity contribution in [3.63, 3.8) is 0 Å². The molecule has 0 fully saturated rings. The Hall–Kier alpha value is -1.43. The van der Waals surface area contributed by atoms with Crippen molar-refractivity contribution >= 4 is 5.97 Å². The number of rotatable bonds is 3. The van der Waals surface area contributed by atoms with Gasteiger partial charge in [-0.05, 0) is 6.92 Å². The van der Waals surface area contributed by atoms with Gasteiger partial charge in [0.1, 0.15) is 12.2 Å². The predicted octanol–water partition coefficient (Wildman–Crippen LogP) is -0.548. The average Bonchev–Trinajstić information content (AvgIpc) is 2.34. The highest BCUT2D eigenvalue weighted by Crippen LogP contribution is 2.01. The number of hydrogen-bond acceptors (Lipinski definition) is 4. The van der Waals surface area contributed by atoms with E-state index in [2.05, 4.69) is 15.2 Å². The summed E-state index contributed by atoms with van der Waals surface area (Å²) in [6.45, 7) is 1.73. The molecule has 1 unspecified atom stereocenters. The van der Waals surface area contributed by atoms with E-state index in [1.54, 1.807) is 6.92 Å². The Balaban J connectivity index is 2.70. The third-order valence-electron chi connectivity index (χ3n) is 1.27. The van der Waals surface area contributed by atoms with Crippen molar-refractivity contribution in [2.75, 3.05) is 0 Å². The Morgan fingerprint density at radius 2 is 2.50 bits per heavy atom. The first kappa shape index (κ1) is 8.66. The molecule has 0 radical (unpaired) electrons. The molecule has 1 atom stereocenters. The number of carboxylic acid groups (broad SMARTS) is 1. The second-order valence-electron chi connectivity index (χ2n) is 2.50. The van der Waals surface area contributed by atoms with E-state index in [4.69, 9.17) is 10.8 Å². The molecule has 0 saturated carbocycles. The maximum atomic E-state index is 10.2. The molecular formula is C6H10N4O2. The first-order valence-corrected chi connectivity index (χ1v) is 3.48. The number of aromatic nitrogens is 3. The summed E-state index contributed by atoms with van der Waals surface area (Å²) < 4.78 is 0. The fraction of sp³-hybridized carbons (Fsp3) is 0.500. The largest absolute Gasteiger partial charge is 0.481 e. The molecule has 0 aromatic carbocycles. The summed E-state index contributed by atoms with van der Waals surface area (Å²) in [6, 6.07) is -0.274. The number of hydrogen-bond donors (Lipinski definition) is 3. The summed E-state index contributed by atoms with van der Waals surface area (Å²) in [7, 11) is 0. The third kappa shape index (κ3) is 2.03. The zero-order chi connectivity index (χ0) is 9.14. The third-order valence-corrected chi connectivity index (χ3v) is 1.27. The van der Waals surface area contributed by atoms with Gasteiger partial charge in [-0.25, -0.2) is 4.98 Å². The molecule has 1 rings (SSSR count). The van der Waals surface area contributed by atoms with Crippen molar-refractivity contribution in [2.45, 2.75) is 19.4 Å². The van der Waals surface area contributed by atoms with Crippen molar-refractivity contribution in [3.05, 3.63) is 11.6 Å². The standard InChI is InChI=1S/C6H10N4O2/c1-3(7)6-8-4(9-10-6)2-5(11)12/h3H,2,7H2,1H3,(H,11,12)(H,8,9,10). The summed E-state index contributed by atoms with van der Waals surface area (Å²) in [5, 5.41) is 14.6. The van der Waals surface area contributed by atoms with E-state index >= 15 is 0 Å². The van der Waals surface area contributed by atoms with Gasteiger partial charge in [0.25, 0.3) is 0 Å². The lowest BCUT2D eigenvalue weighted by atomic mass is 10.3. The summed E-state index contributed by atoms with van der Waals surface area (Å²) in [5.74, 6) is -0.177. The Bertz CT molecular complexity index is 281. The van der Waals surface area contributed by atoms with Gasteiger partial charge in [-0.2, -0.15) is 5.10 Å². The molecule has 66 valence electrons. The first-order chi connectivity index (χ1) is 5.59. The van der Waals surface area contributed by atoms with Gasteiger partial charge >= 0.3 is 5.97 Å². The van der Waals surface area contributed by atoms with E-state index in [-0.39, 0.29) is 12.5 Å². The zero-order valence-electron chi connectivity index (χ0n) is 6.61. The molecule has 0 bridgehead atoms. The smallest absolute Gasteiger partial charge is 0.311 e. The van der Waals surface area contributed by atoms with E-state index < -0.39 is 5.97 Å². The molecule has 0 saturated heterocycles. The van der Waals surface area contributed by atoms with Gasteiger partial charge in [0.15, 0.2) is 5.82 Å². The number of nitrogens with one attached hydrogen (secondary N) is 1. The second-order valence-corrected chi connectivity index (χ2v) is 2.50. The van der Waals surface area contributed by atoms with Gasteiger partial charge in [0.05, 0.1) is 6.04 Å². The SMILES string of the molecule is CC(N)c1n[nH]c(CC(=O)O)n1. The van der Waals surface area contributed by atoms with Crippen molar-refractivity contribution in [2.24, 2.45) is 5.73 Å². The summed E-state index contributed by atoms with van der Waals surface area (Å²) in [4.78, 5) is 14.1. The van der Waals surface area contributed by atoms with Crippen molar-refractivity contribution in [1.29, 1.82) is 0 Å². The fourth-order valence-electron chi connectivity index (χ4n) is 0.736. The van der Waals surface area contributed by atoms with Crippen LogP contribution in [-0.2, 0) is 11.2 Å². The minimum Gasteiger partial charge on any atom is -0.481 e. The Labute approximate surface area is 68.8 Å². The van der Waals surface area contributed by atoms with Crippen molar-refractivity contribution in [1.82, 2.24) is 15.2 Å². The summed E-state index contributed by atoms with van der Waals surface area (Å²) in [6.07, 6.45) is -0.153. The number of H-pyrrole nitrogens is 1. The minimum absolute atomic E-state index is 0.153. The summed E-state index contributed by atoms with van der Waals surface area (Å²) in [5.41, 5.74) is 5.47. The van der Waals surface area contributed by atoms with Crippen LogP contribution < -0.4 is 5.73 Å². The van der Waals surface area contributed by atoms with Crippen LogP contribution in [-0.4, -0.2) is 26.3 Å². The molecular weight excluding hydrogens is 160 g/mol. The highest BCUT2D eigenvalue weighted by atomic mass is 16.4. The van der Waals surface area contributed by atoms with Crippen molar-refractivity contribution < 1.29 is 9.90 Å². The van der Waals surface area contributed by atoms with Crippen LogP contribution in [0.15, 0.2) is 0 Å². The lowest BCUT2D eigenvalue weighted by Crippen LogP contribution is -2.07. The van der Waals surface area contributed by atoms with Gasteiger partial charge in [0.2, 0.25) is 0 Å². The quantitative estimate of drug-likeness (QED) is 0.564. The molecule has 0 aliphatic heterocycles. The van der Waals surface area contributed by atoms with Gasteiger partial charge in [0, 0.05) is 0 Å². The van der Waals surface area contributed by atoms with E-state index in [9.17, 15) is 4.79 Å². The normalized spacial score (nSPS) is 12.8. The lowest BCUT2D eigenvalue weighted by Gasteiger charge is -1.94. The Morgan fingerprint density at radius 1 is 1.83 bits per heavy atom. The van der Waals surface area contributed by atoms with Crippen LogP contribution >= 0.6 is 0 Å². The molecule has 4 N–H and O–H groups in total. The van der Waals surface area contributed by atoms with Crippen LogP contribution in [0.2, 0.25) is 0 Å². The van der Waals surface area contributed by atoms with Gasteiger partial charge in [-0.15, -0.1) is 0 Å². The first-order valence-electron chi connectivity index (χ1n) is 3.48. The van der Waals surface area contributed by atoms with Crippen LogP contribution in [0, 0.1) is 0 Å². The number of aromatic amines is 1.